The molecule has 0 amide bonds. The lowest BCUT2D eigenvalue weighted by Crippen LogP contribution is -2.40. The zero-order valence-corrected chi connectivity index (χ0v) is 21.1. The van der Waals surface area contributed by atoms with Crippen molar-refractivity contribution in [1.82, 2.24) is 9.21 Å². The molecule has 9 heteroatoms. The van der Waals surface area contributed by atoms with Gasteiger partial charge in [-0.2, -0.15) is 4.31 Å². The van der Waals surface area contributed by atoms with Crippen LogP contribution in [0.3, 0.4) is 0 Å². The van der Waals surface area contributed by atoms with Crippen LogP contribution < -0.4 is 0 Å². The number of thiophene rings is 1. The van der Waals surface area contributed by atoms with E-state index in [-0.39, 0.29) is 9.77 Å². The molecule has 33 heavy (non-hydrogen) atoms. The Morgan fingerprint density at radius 1 is 1.12 bits per heavy atom. The number of benzene rings is 1. The third kappa shape index (κ3) is 5.33. The summed E-state index contributed by atoms with van der Waals surface area (Å²) in [5.41, 5.74) is 3.62. The molecule has 1 fully saturated rings. The molecule has 0 unspecified atom stereocenters. The SMILES string of the molecule is COC(=O)c1c(S(=O)(=O)N2CCOCC2)sc2c1CCN(Cc1ccc(CC(C)C)cc1)C2. The topological polar surface area (TPSA) is 76.2 Å². The first-order valence-corrected chi connectivity index (χ1v) is 13.7. The summed E-state index contributed by atoms with van der Waals surface area (Å²) >= 11 is 1.22. The standard InChI is InChI=1S/C24H32N2O5S2/c1-17(2)14-18-4-6-19(7-5-18)15-25-9-8-20-21(16-25)32-24(22(20)23(27)30-3)33(28,29)26-10-12-31-13-11-26/h4-7,17H,8-16H2,1-3H3. The van der Waals surface area contributed by atoms with Gasteiger partial charge in [-0.25, -0.2) is 13.2 Å². The number of sulfonamides is 1. The van der Waals surface area contributed by atoms with E-state index < -0.39 is 16.0 Å². The van der Waals surface area contributed by atoms with E-state index in [9.17, 15) is 13.2 Å². The van der Waals surface area contributed by atoms with Crippen LogP contribution >= 0.6 is 11.3 Å². The van der Waals surface area contributed by atoms with E-state index in [2.05, 4.69) is 43.0 Å². The lowest BCUT2D eigenvalue weighted by molar-refractivity contribution is 0.0594. The lowest BCUT2D eigenvalue weighted by atomic mass is 10.0. The maximum Gasteiger partial charge on any atom is 0.340 e. The van der Waals surface area contributed by atoms with Crippen molar-refractivity contribution in [1.29, 1.82) is 0 Å². The number of nitrogens with zero attached hydrogens (tertiary/aromatic N) is 2. The molecule has 1 aromatic carbocycles. The molecule has 3 heterocycles. The van der Waals surface area contributed by atoms with Gasteiger partial charge in [0.25, 0.3) is 10.0 Å². The number of hydrogen-bond acceptors (Lipinski definition) is 7. The molecule has 1 saturated heterocycles. The normalized spacial score (nSPS) is 17.8. The molecule has 1 aromatic heterocycles. The van der Waals surface area contributed by atoms with Gasteiger partial charge in [0.1, 0.15) is 4.21 Å². The van der Waals surface area contributed by atoms with Crippen molar-refractivity contribution < 1.29 is 22.7 Å². The molecule has 2 aliphatic rings. The molecule has 0 N–H and O–H groups in total. The maximum absolute atomic E-state index is 13.4. The quantitative estimate of drug-likeness (QED) is 0.552. The average Bonchev–Trinajstić information content (AvgIpc) is 3.20. The number of morpholine rings is 1. The van der Waals surface area contributed by atoms with E-state index in [4.69, 9.17) is 9.47 Å². The van der Waals surface area contributed by atoms with Crippen LogP contribution in [0.25, 0.3) is 0 Å². The van der Waals surface area contributed by atoms with Crippen molar-refractivity contribution in [3.8, 4) is 0 Å². The molecular weight excluding hydrogens is 460 g/mol. The van der Waals surface area contributed by atoms with Gasteiger partial charge in [-0.3, -0.25) is 4.90 Å². The molecule has 4 rings (SSSR count). The molecule has 2 aromatic rings. The van der Waals surface area contributed by atoms with Gasteiger partial charge < -0.3 is 9.47 Å². The van der Waals surface area contributed by atoms with Gasteiger partial charge in [-0.1, -0.05) is 38.1 Å². The van der Waals surface area contributed by atoms with Crippen LogP contribution in [-0.4, -0.2) is 63.6 Å². The maximum atomic E-state index is 13.4. The zero-order chi connectivity index (χ0) is 23.6. The number of hydrogen-bond donors (Lipinski definition) is 0. The summed E-state index contributed by atoms with van der Waals surface area (Å²) in [6, 6.07) is 8.74. The van der Waals surface area contributed by atoms with Gasteiger partial charge in [-0.15, -0.1) is 11.3 Å². The second kappa shape index (κ2) is 10.2. The minimum atomic E-state index is -3.78. The first-order valence-electron chi connectivity index (χ1n) is 11.4. The Morgan fingerprint density at radius 3 is 2.42 bits per heavy atom. The highest BCUT2D eigenvalue weighted by Gasteiger charge is 2.37. The highest BCUT2D eigenvalue weighted by Crippen LogP contribution is 2.38. The second-order valence-corrected chi connectivity index (χ2v) is 12.3. The van der Waals surface area contributed by atoms with E-state index in [1.54, 1.807) is 0 Å². The summed E-state index contributed by atoms with van der Waals surface area (Å²) < 4.78 is 38.6. The Bertz CT molecular complexity index is 1090. The first kappa shape index (κ1) is 24.3. The van der Waals surface area contributed by atoms with Gasteiger partial charge in [-0.05, 0) is 35.4 Å². The zero-order valence-electron chi connectivity index (χ0n) is 19.5. The summed E-state index contributed by atoms with van der Waals surface area (Å²) in [6.45, 7) is 7.93. The molecule has 180 valence electrons. The van der Waals surface area contributed by atoms with E-state index in [1.165, 1.54) is 33.9 Å². The lowest BCUT2D eigenvalue weighted by Gasteiger charge is -2.27. The molecule has 0 radical (unpaired) electrons. The Hall–Kier alpha value is -1.78. The van der Waals surface area contributed by atoms with Gasteiger partial charge in [0.2, 0.25) is 0 Å². The molecule has 0 bridgehead atoms. The molecule has 0 atom stereocenters. The van der Waals surface area contributed by atoms with E-state index in [1.807, 2.05) is 0 Å². The fraction of sp³-hybridized carbons (Fsp3) is 0.542. The first-order chi connectivity index (χ1) is 15.8. The van der Waals surface area contributed by atoms with Gasteiger partial charge in [0, 0.05) is 37.6 Å². The van der Waals surface area contributed by atoms with Crippen LogP contribution in [0, 0.1) is 5.92 Å². The Kier molecular flexibility index (Phi) is 7.55. The Morgan fingerprint density at radius 2 is 1.79 bits per heavy atom. The van der Waals surface area contributed by atoms with Crippen molar-refractivity contribution in [3.05, 3.63) is 51.4 Å². The van der Waals surface area contributed by atoms with E-state index >= 15 is 0 Å². The number of fused-ring (bicyclic) bond motifs is 1. The fourth-order valence-electron chi connectivity index (χ4n) is 4.47. The van der Waals surface area contributed by atoms with Gasteiger partial charge in [0.05, 0.1) is 25.9 Å². The third-order valence-electron chi connectivity index (χ3n) is 6.11. The predicted octanol–water partition coefficient (Wildman–Crippen LogP) is 3.31. The summed E-state index contributed by atoms with van der Waals surface area (Å²) in [4.78, 5) is 15.9. The van der Waals surface area contributed by atoms with Crippen molar-refractivity contribution >= 4 is 27.3 Å². The summed E-state index contributed by atoms with van der Waals surface area (Å²) in [5.74, 6) is 0.0515. The molecule has 0 spiro atoms. The molecule has 0 saturated carbocycles. The number of ether oxygens (including phenoxy) is 2. The van der Waals surface area contributed by atoms with Crippen molar-refractivity contribution in [2.24, 2.45) is 5.92 Å². The van der Waals surface area contributed by atoms with Crippen LogP contribution in [0.15, 0.2) is 28.5 Å². The number of rotatable bonds is 7. The van der Waals surface area contributed by atoms with E-state index in [0.29, 0.717) is 45.2 Å². The van der Waals surface area contributed by atoms with Crippen LogP contribution in [0.1, 0.15) is 45.8 Å². The summed E-state index contributed by atoms with van der Waals surface area (Å²) in [7, 11) is -2.48. The largest absolute Gasteiger partial charge is 0.465 e. The average molecular weight is 493 g/mol. The van der Waals surface area contributed by atoms with Gasteiger partial charge in [0.15, 0.2) is 0 Å². The van der Waals surface area contributed by atoms with Crippen molar-refractivity contribution in [2.75, 3.05) is 40.0 Å². The monoisotopic (exact) mass is 492 g/mol. The molecule has 7 nitrogen and oxygen atoms in total. The third-order valence-corrected chi connectivity index (χ3v) is 9.72. The number of carbonyl (C=O) groups is 1. The Balaban J connectivity index is 1.57. The second-order valence-electron chi connectivity index (χ2n) is 9.05. The van der Waals surface area contributed by atoms with Crippen LogP contribution in [0.5, 0.6) is 0 Å². The molecule has 2 aliphatic heterocycles. The van der Waals surface area contributed by atoms with Crippen molar-refractivity contribution in [2.45, 2.75) is 44.0 Å². The summed E-state index contributed by atoms with van der Waals surface area (Å²) in [6.07, 6.45) is 1.69. The number of carbonyl (C=O) groups excluding carboxylic acids is 1. The highest BCUT2D eigenvalue weighted by molar-refractivity contribution is 7.91. The smallest absolute Gasteiger partial charge is 0.340 e. The van der Waals surface area contributed by atoms with Crippen LogP contribution in [0.4, 0.5) is 0 Å². The van der Waals surface area contributed by atoms with Gasteiger partial charge >= 0.3 is 5.97 Å². The highest BCUT2D eigenvalue weighted by atomic mass is 32.2. The Labute approximate surface area is 200 Å². The van der Waals surface area contributed by atoms with Crippen LogP contribution in [-0.2, 0) is 45.4 Å². The summed E-state index contributed by atoms with van der Waals surface area (Å²) in [5, 5.41) is 0. The minimum Gasteiger partial charge on any atom is -0.465 e. The number of methoxy groups -OCH3 is 1. The number of esters is 1. The molecular formula is C24H32N2O5S2. The fourth-order valence-corrected chi connectivity index (χ4v) is 7.95. The minimum absolute atomic E-state index is 0.112. The van der Waals surface area contributed by atoms with E-state index in [0.717, 1.165) is 30.0 Å². The predicted molar refractivity (Wildman–Crippen MR) is 128 cm³/mol. The van der Waals surface area contributed by atoms with Crippen molar-refractivity contribution in [3.63, 3.8) is 0 Å². The van der Waals surface area contributed by atoms with Crippen LogP contribution in [0.2, 0.25) is 0 Å². The molecule has 0 aliphatic carbocycles.